The van der Waals surface area contributed by atoms with Crippen LogP contribution in [0.3, 0.4) is 0 Å². The molecule has 0 atom stereocenters. The summed E-state index contributed by atoms with van der Waals surface area (Å²) in [5.74, 6) is 1.69. The van der Waals surface area contributed by atoms with Gasteiger partial charge in [-0.1, -0.05) is 34.9 Å². The van der Waals surface area contributed by atoms with Crippen LogP contribution in [0, 0.1) is 6.92 Å². The SMILES string of the molecule is COc1ccc(COc2cc(-c3cn(S(=O)(=O)c4ccc(C)cc4)c4ccc(-c5nnc(NC(C)C)o5)cc34)nc(NC(C)C)n2)cc1. The summed E-state index contributed by atoms with van der Waals surface area (Å²) in [6, 6.07) is 21.7. The smallest absolute Gasteiger partial charge is 0.315 e. The summed E-state index contributed by atoms with van der Waals surface area (Å²) in [5.41, 5.74) is 3.95. The van der Waals surface area contributed by atoms with Gasteiger partial charge in [0.25, 0.3) is 10.0 Å². The van der Waals surface area contributed by atoms with Gasteiger partial charge in [-0.3, -0.25) is 0 Å². The van der Waals surface area contributed by atoms with Crippen LogP contribution in [0.4, 0.5) is 12.0 Å². The fourth-order valence-electron chi connectivity index (χ4n) is 5.04. The van der Waals surface area contributed by atoms with Gasteiger partial charge in [0.2, 0.25) is 17.7 Å². The zero-order chi connectivity index (χ0) is 34.0. The van der Waals surface area contributed by atoms with Crippen LogP contribution in [-0.4, -0.2) is 51.7 Å². The zero-order valence-electron chi connectivity index (χ0n) is 27.6. The first-order valence-electron chi connectivity index (χ1n) is 15.5. The lowest BCUT2D eigenvalue weighted by molar-refractivity contribution is 0.293. The van der Waals surface area contributed by atoms with Gasteiger partial charge in [-0.05, 0) is 82.6 Å². The molecule has 6 aromatic rings. The summed E-state index contributed by atoms with van der Waals surface area (Å²) in [4.78, 5) is 9.56. The highest BCUT2D eigenvalue weighted by Gasteiger charge is 2.24. The molecule has 0 amide bonds. The number of hydrogen-bond acceptors (Lipinski definition) is 11. The van der Waals surface area contributed by atoms with E-state index in [1.165, 1.54) is 3.97 Å². The number of hydrogen-bond donors (Lipinski definition) is 2. The van der Waals surface area contributed by atoms with E-state index in [1.54, 1.807) is 55.8 Å². The van der Waals surface area contributed by atoms with Crippen molar-refractivity contribution < 1.29 is 22.3 Å². The summed E-state index contributed by atoms with van der Waals surface area (Å²) in [5, 5.41) is 15.3. The standard InChI is InChI=1S/C35H37N7O5S/c1-21(2)36-34-38-30(18-32(39-34)46-20-24-9-12-26(45-6)13-10-24)29-19-42(48(43,44)27-14-7-23(5)8-15-27)31-16-11-25(17-28(29)31)33-40-41-35(47-33)37-22(3)4/h7-19,21-22H,20H2,1-6H3,(H,37,41)(H,36,38,39). The normalized spacial score (nSPS) is 11.8. The molecule has 0 saturated heterocycles. The van der Waals surface area contributed by atoms with Crippen molar-refractivity contribution in [2.24, 2.45) is 0 Å². The van der Waals surface area contributed by atoms with Crippen LogP contribution in [0.5, 0.6) is 11.6 Å². The van der Waals surface area contributed by atoms with Gasteiger partial charge in [0, 0.05) is 40.9 Å². The first-order chi connectivity index (χ1) is 23.0. The predicted octanol–water partition coefficient (Wildman–Crippen LogP) is 6.92. The first-order valence-corrected chi connectivity index (χ1v) is 16.9. The molecule has 3 aromatic carbocycles. The monoisotopic (exact) mass is 667 g/mol. The zero-order valence-corrected chi connectivity index (χ0v) is 28.4. The van der Waals surface area contributed by atoms with Crippen LogP contribution in [0.25, 0.3) is 33.6 Å². The van der Waals surface area contributed by atoms with Crippen molar-refractivity contribution in [3.63, 3.8) is 0 Å². The Kier molecular flexibility index (Phi) is 9.05. The number of methoxy groups -OCH3 is 1. The summed E-state index contributed by atoms with van der Waals surface area (Å²) in [7, 11) is -2.38. The quantitative estimate of drug-likeness (QED) is 0.140. The van der Waals surface area contributed by atoms with Crippen LogP contribution in [-0.2, 0) is 16.6 Å². The summed E-state index contributed by atoms with van der Waals surface area (Å²) < 4.78 is 46.7. The average molecular weight is 668 g/mol. The molecule has 248 valence electrons. The van der Waals surface area contributed by atoms with Crippen LogP contribution in [0.2, 0.25) is 0 Å². The third kappa shape index (κ3) is 6.95. The van der Waals surface area contributed by atoms with E-state index in [2.05, 4.69) is 25.8 Å². The van der Waals surface area contributed by atoms with Crippen LogP contribution in [0.1, 0.15) is 38.8 Å². The second-order valence-corrected chi connectivity index (χ2v) is 13.8. The molecule has 0 aliphatic rings. The molecule has 3 heterocycles. The van der Waals surface area contributed by atoms with Crippen LogP contribution >= 0.6 is 0 Å². The van der Waals surface area contributed by atoms with E-state index in [0.717, 1.165) is 16.9 Å². The molecular weight excluding hydrogens is 630 g/mol. The maximum atomic E-state index is 14.1. The predicted molar refractivity (Wildman–Crippen MR) is 185 cm³/mol. The lowest BCUT2D eigenvalue weighted by atomic mass is 10.1. The number of fused-ring (bicyclic) bond motifs is 1. The Labute approximate surface area is 279 Å². The lowest BCUT2D eigenvalue weighted by Crippen LogP contribution is -2.13. The first kappa shape index (κ1) is 32.5. The van der Waals surface area contributed by atoms with Crippen molar-refractivity contribution in [2.45, 2.75) is 58.2 Å². The van der Waals surface area contributed by atoms with Gasteiger partial charge in [-0.2, -0.15) is 4.98 Å². The van der Waals surface area contributed by atoms with Crippen molar-refractivity contribution >= 4 is 32.9 Å². The molecule has 0 aliphatic heterocycles. The van der Waals surface area contributed by atoms with Crippen molar-refractivity contribution in [3.05, 3.63) is 90.1 Å². The molecule has 0 aliphatic carbocycles. The molecule has 0 unspecified atom stereocenters. The van der Waals surface area contributed by atoms with Gasteiger partial charge < -0.3 is 24.5 Å². The van der Waals surface area contributed by atoms with E-state index in [9.17, 15) is 8.42 Å². The van der Waals surface area contributed by atoms with E-state index in [1.807, 2.05) is 65.0 Å². The van der Waals surface area contributed by atoms with E-state index in [-0.39, 0.29) is 29.5 Å². The van der Waals surface area contributed by atoms with Gasteiger partial charge in [0.15, 0.2) is 0 Å². The number of nitrogens with one attached hydrogen (secondary N) is 2. The molecule has 12 nitrogen and oxygen atoms in total. The molecular formula is C35H37N7O5S. The number of anilines is 2. The molecule has 0 fully saturated rings. The second-order valence-electron chi connectivity index (χ2n) is 12.0. The highest BCUT2D eigenvalue weighted by molar-refractivity contribution is 7.90. The maximum Gasteiger partial charge on any atom is 0.315 e. The fraction of sp³-hybridized carbons (Fsp3) is 0.257. The molecule has 0 spiro atoms. The Bertz CT molecular complexity index is 2160. The minimum absolute atomic E-state index is 0.0238. The fourth-order valence-corrected chi connectivity index (χ4v) is 6.41. The van der Waals surface area contributed by atoms with Gasteiger partial charge >= 0.3 is 6.01 Å². The lowest BCUT2D eigenvalue weighted by Gasteiger charge is -2.13. The molecule has 13 heteroatoms. The Morgan fingerprint density at radius 3 is 2.29 bits per heavy atom. The molecule has 0 saturated carbocycles. The van der Waals surface area contributed by atoms with Gasteiger partial charge in [-0.15, -0.1) is 5.10 Å². The highest BCUT2D eigenvalue weighted by Crippen LogP contribution is 2.36. The number of ether oxygens (including phenoxy) is 2. The Morgan fingerprint density at radius 1 is 0.875 bits per heavy atom. The minimum Gasteiger partial charge on any atom is -0.497 e. The maximum absolute atomic E-state index is 14.1. The Hall–Kier alpha value is -5.43. The van der Waals surface area contributed by atoms with Gasteiger partial charge in [0.05, 0.1) is 23.2 Å². The number of rotatable bonds is 12. The van der Waals surface area contributed by atoms with E-state index >= 15 is 0 Å². The Balaban J connectivity index is 1.49. The van der Waals surface area contributed by atoms with Crippen LogP contribution < -0.4 is 20.1 Å². The van der Waals surface area contributed by atoms with E-state index in [4.69, 9.17) is 18.9 Å². The van der Waals surface area contributed by atoms with Gasteiger partial charge in [0.1, 0.15) is 12.4 Å². The largest absolute Gasteiger partial charge is 0.497 e. The topological polar surface area (TPSA) is 146 Å². The van der Waals surface area contributed by atoms with Crippen molar-refractivity contribution in [1.82, 2.24) is 24.1 Å². The highest BCUT2D eigenvalue weighted by atomic mass is 32.2. The molecule has 6 rings (SSSR count). The summed E-state index contributed by atoms with van der Waals surface area (Å²) in [6.45, 7) is 10.1. The van der Waals surface area contributed by atoms with Crippen molar-refractivity contribution in [3.8, 4) is 34.3 Å². The molecule has 0 radical (unpaired) electrons. The third-order valence-electron chi connectivity index (χ3n) is 7.37. The summed E-state index contributed by atoms with van der Waals surface area (Å²) >= 11 is 0. The number of aromatic nitrogens is 5. The van der Waals surface area contributed by atoms with Crippen molar-refractivity contribution in [1.29, 1.82) is 0 Å². The van der Waals surface area contributed by atoms with E-state index < -0.39 is 10.0 Å². The number of aryl methyl sites for hydroxylation is 1. The number of benzene rings is 3. The minimum atomic E-state index is -3.99. The van der Waals surface area contributed by atoms with Gasteiger partial charge in [-0.25, -0.2) is 17.4 Å². The molecule has 0 bridgehead atoms. The molecule has 2 N–H and O–H groups in total. The Morgan fingerprint density at radius 2 is 1.60 bits per heavy atom. The summed E-state index contributed by atoms with van der Waals surface area (Å²) in [6.07, 6.45) is 1.58. The average Bonchev–Trinajstić information content (AvgIpc) is 3.68. The second kappa shape index (κ2) is 13.4. The third-order valence-corrected chi connectivity index (χ3v) is 9.06. The molecule has 3 aromatic heterocycles. The molecule has 48 heavy (non-hydrogen) atoms. The van der Waals surface area contributed by atoms with E-state index in [0.29, 0.717) is 45.6 Å². The van der Waals surface area contributed by atoms with Crippen molar-refractivity contribution in [2.75, 3.05) is 17.7 Å². The number of nitrogens with zero attached hydrogens (tertiary/aromatic N) is 5. The van der Waals surface area contributed by atoms with Crippen LogP contribution in [0.15, 0.2) is 88.3 Å².